The number of carbonyl (C=O) groups excluding carboxylic acids is 1. The molecule has 0 aliphatic rings. The second-order valence-electron chi connectivity index (χ2n) is 5.24. The molecule has 8 heteroatoms. The maximum atomic E-state index is 12.3. The summed E-state index contributed by atoms with van der Waals surface area (Å²) in [6.07, 6.45) is 1.71. The number of rotatable bonds is 6. The van der Waals surface area contributed by atoms with E-state index >= 15 is 0 Å². The van der Waals surface area contributed by atoms with E-state index in [-0.39, 0.29) is 23.8 Å². The van der Waals surface area contributed by atoms with Crippen molar-refractivity contribution in [2.24, 2.45) is 0 Å². The molecule has 1 heterocycles. The third-order valence-corrected chi connectivity index (χ3v) is 5.58. The van der Waals surface area contributed by atoms with Gasteiger partial charge in [0.05, 0.1) is 4.90 Å². The first kappa shape index (κ1) is 17.6. The van der Waals surface area contributed by atoms with Gasteiger partial charge in [-0.15, -0.1) is 11.3 Å². The van der Waals surface area contributed by atoms with Crippen LogP contribution in [0.3, 0.4) is 0 Å². The maximum absolute atomic E-state index is 12.3. The summed E-state index contributed by atoms with van der Waals surface area (Å²) in [6.45, 7) is 5.50. The normalized spacial score (nSPS) is 11.4. The molecule has 0 bridgehead atoms. The lowest BCUT2D eigenvalue weighted by atomic mass is 10.2. The smallest absolute Gasteiger partial charge is 0.240 e. The van der Waals surface area contributed by atoms with Gasteiger partial charge in [0.2, 0.25) is 15.9 Å². The van der Waals surface area contributed by atoms with E-state index in [4.69, 9.17) is 0 Å². The van der Waals surface area contributed by atoms with Crippen LogP contribution >= 0.6 is 11.3 Å². The second-order valence-corrected chi connectivity index (χ2v) is 8.21. The van der Waals surface area contributed by atoms with Gasteiger partial charge >= 0.3 is 0 Å². The highest BCUT2D eigenvalue weighted by Gasteiger charge is 2.17. The van der Waals surface area contributed by atoms with Crippen LogP contribution in [-0.4, -0.2) is 25.9 Å². The Balaban J connectivity index is 1.92. The van der Waals surface area contributed by atoms with Crippen LogP contribution in [0.2, 0.25) is 0 Å². The number of nitrogens with one attached hydrogen (secondary N) is 2. The van der Waals surface area contributed by atoms with Crippen molar-refractivity contribution < 1.29 is 13.2 Å². The number of aryl methyl sites for hydroxylation is 3. The zero-order chi connectivity index (χ0) is 17.0. The Hall–Kier alpha value is -1.77. The van der Waals surface area contributed by atoms with Crippen molar-refractivity contribution in [2.45, 2.75) is 32.1 Å². The fraction of sp³-hybridized carbons (Fsp3) is 0.333. The van der Waals surface area contributed by atoms with Gasteiger partial charge in [0.15, 0.2) is 5.13 Å². The van der Waals surface area contributed by atoms with Crippen molar-refractivity contribution in [1.29, 1.82) is 0 Å². The van der Waals surface area contributed by atoms with Crippen LogP contribution in [0.1, 0.15) is 22.4 Å². The molecule has 0 fully saturated rings. The van der Waals surface area contributed by atoms with Crippen molar-refractivity contribution in [3.8, 4) is 0 Å². The van der Waals surface area contributed by atoms with Crippen molar-refractivity contribution in [3.05, 3.63) is 40.4 Å². The highest BCUT2D eigenvalue weighted by atomic mass is 32.2. The SMILES string of the molecule is Cc1ccc(C)c(S(=O)(=O)NCCC(=O)Nc2ncc(C)s2)c1. The van der Waals surface area contributed by atoms with Crippen molar-refractivity contribution >= 4 is 32.4 Å². The molecule has 1 amide bonds. The monoisotopic (exact) mass is 353 g/mol. The Morgan fingerprint density at radius 1 is 1.26 bits per heavy atom. The number of amides is 1. The average molecular weight is 353 g/mol. The van der Waals surface area contributed by atoms with Gasteiger partial charge in [0.1, 0.15) is 0 Å². The summed E-state index contributed by atoms with van der Waals surface area (Å²) in [5, 5.41) is 3.16. The summed E-state index contributed by atoms with van der Waals surface area (Å²) in [5.74, 6) is -0.275. The summed E-state index contributed by atoms with van der Waals surface area (Å²) in [4.78, 5) is 17.1. The van der Waals surface area contributed by atoms with E-state index in [2.05, 4.69) is 15.0 Å². The van der Waals surface area contributed by atoms with Gasteiger partial charge in [0.25, 0.3) is 0 Å². The van der Waals surface area contributed by atoms with E-state index < -0.39 is 10.0 Å². The minimum atomic E-state index is -3.62. The predicted octanol–water partition coefficient (Wildman–Crippen LogP) is 2.38. The van der Waals surface area contributed by atoms with Crippen LogP contribution in [-0.2, 0) is 14.8 Å². The Bertz CT molecular complexity index is 813. The van der Waals surface area contributed by atoms with E-state index in [1.807, 2.05) is 19.9 Å². The molecule has 0 radical (unpaired) electrons. The molecule has 2 N–H and O–H groups in total. The largest absolute Gasteiger partial charge is 0.302 e. The van der Waals surface area contributed by atoms with Gasteiger partial charge < -0.3 is 5.32 Å². The highest BCUT2D eigenvalue weighted by Crippen LogP contribution is 2.17. The van der Waals surface area contributed by atoms with Gasteiger partial charge in [-0.3, -0.25) is 4.79 Å². The first-order valence-corrected chi connectivity index (χ1v) is 9.37. The fourth-order valence-electron chi connectivity index (χ4n) is 1.97. The Morgan fingerprint density at radius 3 is 2.65 bits per heavy atom. The number of benzene rings is 1. The topological polar surface area (TPSA) is 88.2 Å². The lowest BCUT2D eigenvalue weighted by Crippen LogP contribution is -2.28. The molecule has 23 heavy (non-hydrogen) atoms. The molecule has 0 saturated heterocycles. The first-order valence-electron chi connectivity index (χ1n) is 7.07. The zero-order valence-corrected chi connectivity index (χ0v) is 14.8. The summed E-state index contributed by atoms with van der Waals surface area (Å²) < 4.78 is 27.1. The van der Waals surface area contributed by atoms with Crippen molar-refractivity contribution in [3.63, 3.8) is 0 Å². The Morgan fingerprint density at radius 2 is 2.00 bits per heavy atom. The van der Waals surface area contributed by atoms with E-state index in [1.165, 1.54) is 11.3 Å². The molecule has 0 atom stereocenters. The first-order chi connectivity index (χ1) is 10.8. The minimum Gasteiger partial charge on any atom is -0.302 e. The van der Waals surface area contributed by atoms with Gasteiger partial charge in [-0.1, -0.05) is 12.1 Å². The molecule has 1 aromatic heterocycles. The van der Waals surface area contributed by atoms with Gasteiger partial charge in [0, 0.05) is 24.0 Å². The van der Waals surface area contributed by atoms with Gasteiger partial charge in [-0.05, 0) is 38.0 Å². The second kappa shape index (κ2) is 7.20. The molecule has 0 spiro atoms. The number of hydrogen-bond donors (Lipinski definition) is 2. The summed E-state index contributed by atoms with van der Waals surface area (Å²) >= 11 is 1.37. The molecule has 0 saturated carbocycles. The number of nitrogens with zero attached hydrogens (tertiary/aromatic N) is 1. The molecule has 1 aromatic carbocycles. The predicted molar refractivity (Wildman–Crippen MR) is 91.2 cm³/mol. The molecule has 124 valence electrons. The molecule has 2 aromatic rings. The molecular weight excluding hydrogens is 334 g/mol. The van der Waals surface area contributed by atoms with Gasteiger partial charge in [-0.2, -0.15) is 0 Å². The Kier molecular flexibility index (Phi) is 5.51. The maximum Gasteiger partial charge on any atom is 0.240 e. The molecule has 0 aliphatic heterocycles. The van der Waals surface area contributed by atoms with Crippen LogP contribution in [0.5, 0.6) is 0 Å². The van der Waals surface area contributed by atoms with Crippen LogP contribution in [0.15, 0.2) is 29.3 Å². The number of hydrogen-bond acceptors (Lipinski definition) is 5. The zero-order valence-electron chi connectivity index (χ0n) is 13.2. The third-order valence-electron chi connectivity index (χ3n) is 3.14. The standard InChI is InChI=1S/C15H19N3O3S2/c1-10-4-5-11(2)13(8-10)23(20,21)17-7-6-14(19)18-15-16-9-12(3)22-15/h4-5,8-9,17H,6-7H2,1-3H3,(H,16,18,19). The lowest BCUT2D eigenvalue weighted by molar-refractivity contribution is -0.116. The fourth-order valence-corrected chi connectivity index (χ4v) is 4.01. The molecule has 6 nitrogen and oxygen atoms in total. The lowest BCUT2D eigenvalue weighted by Gasteiger charge is -2.10. The molecule has 0 unspecified atom stereocenters. The number of sulfonamides is 1. The highest BCUT2D eigenvalue weighted by molar-refractivity contribution is 7.89. The summed E-state index contributed by atoms with van der Waals surface area (Å²) in [6, 6.07) is 5.25. The average Bonchev–Trinajstić information content (AvgIpc) is 2.86. The van der Waals surface area contributed by atoms with Crippen LogP contribution in [0.25, 0.3) is 0 Å². The number of anilines is 1. The van der Waals surface area contributed by atoms with Crippen LogP contribution in [0.4, 0.5) is 5.13 Å². The van der Waals surface area contributed by atoms with E-state index in [0.717, 1.165) is 10.4 Å². The third kappa shape index (κ3) is 4.85. The van der Waals surface area contributed by atoms with E-state index in [9.17, 15) is 13.2 Å². The number of aromatic nitrogens is 1. The van der Waals surface area contributed by atoms with Crippen molar-refractivity contribution in [2.75, 3.05) is 11.9 Å². The minimum absolute atomic E-state index is 0.0336. The molecule has 2 rings (SSSR count). The summed E-state index contributed by atoms with van der Waals surface area (Å²) in [5.41, 5.74) is 1.54. The van der Waals surface area contributed by atoms with E-state index in [1.54, 1.807) is 25.3 Å². The summed E-state index contributed by atoms with van der Waals surface area (Å²) in [7, 11) is -3.62. The molecule has 0 aliphatic carbocycles. The van der Waals surface area contributed by atoms with Crippen LogP contribution < -0.4 is 10.0 Å². The quantitative estimate of drug-likeness (QED) is 0.834. The Labute approximate surface area is 140 Å². The van der Waals surface area contributed by atoms with Gasteiger partial charge in [-0.25, -0.2) is 18.1 Å². The number of carbonyl (C=O) groups is 1. The molecular formula is C15H19N3O3S2. The van der Waals surface area contributed by atoms with E-state index in [0.29, 0.717) is 10.7 Å². The van der Waals surface area contributed by atoms with Crippen molar-refractivity contribution in [1.82, 2.24) is 9.71 Å². The van der Waals surface area contributed by atoms with Crippen LogP contribution in [0, 0.1) is 20.8 Å². The number of thiazole rings is 1.